The molecule has 1 saturated carbocycles. The Labute approximate surface area is 87.8 Å². The SMILES string of the molecule is COC(=O)C1(c2nc(C(C)C)no2)CC1. The molecule has 1 aromatic rings. The van der Waals surface area contributed by atoms with E-state index in [1.807, 2.05) is 13.8 Å². The van der Waals surface area contributed by atoms with Crippen LogP contribution in [0.25, 0.3) is 0 Å². The van der Waals surface area contributed by atoms with Crippen LogP contribution >= 0.6 is 0 Å². The highest BCUT2D eigenvalue weighted by Gasteiger charge is 2.57. The Morgan fingerprint density at radius 1 is 1.53 bits per heavy atom. The minimum absolute atomic E-state index is 0.205. The molecular weight excluding hydrogens is 196 g/mol. The van der Waals surface area contributed by atoms with Gasteiger partial charge in [-0.3, -0.25) is 4.79 Å². The molecule has 0 aliphatic heterocycles. The zero-order chi connectivity index (χ0) is 11.1. The Morgan fingerprint density at radius 2 is 2.20 bits per heavy atom. The van der Waals surface area contributed by atoms with Crippen LogP contribution in [0, 0.1) is 0 Å². The van der Waals surface area contributed by atoms with Crippen molar-refractivity contribution >= 4 is 5.97 Å². The molecule has 0 spiro atoms. The fraction of sp³-hybridized carbons (Fsp3) is 0.700. The van der Waals surface area contributed by atoms with Crippen LogP contribution in [0.15, 0.2) is 4.52 Å². The Bertz CT molecular complexity index is 380. The number of carbonyl (C=O) groups is 1. The summed E-state index contributed by atoms with van der Waals surface area (Å²) in [5.41, 5.74) is -0.644. The van der Waals surface area contributed by atoms with E-state index in [4.69, 9.17) is 9.26 Å². The smallest absolute Gasteiger partial charge is 0.321 e. The van der Waals surface area contributed by atoms with Crippen LogP contribution in [-0.2, 0) is 14.9 Å². The van der Waals surface area contributed by atoms with Gasteiger partial charge in [-0.25, -0.2) is 0 Å². The van der Waals surface area contributed by atoms with Crippen LogP contribution in [0.1, 0.15) is 44.3 Å². The second kappa shape index (κ2) is 3.32. The highest BCUT2D eigenvalue weighted by molar-refractivity contribution is 5.85. The van der Waals surface area contributed by atoms with E-state index in [1.165, 1.54) is 7.11 Å². The summed E-state index contributed by atoms with van der Waals surface area (Å²) in [4.78, 5) is 15.8. The number of aromatic nitrogens is 2. The Kier molecular flexibility index (Phi) is 2.25. The number of hydrogen-bond acceptors (Lipinski definition) is 5. The number of carbonyl (C=O) groups excluding carboxylic acids is 1. The van der Waals surface area contributed by atoms with Crippen LogP contribution in [-0.4, -0.2) is 23.2 Å². The number of hydrogen-bond donors (Lipinski definition) is 0. The number of rotatable bonds is 3. The van der Waals surface area contributed by atoms with Gasteiger partial charge < -0.3 is 9.26 Å². The molecule has 15 heavy (non-hydrogen) atoms. The maximum Gasteiger partial charge on any atom is 0.321 e. The Morgan fingerprint density at radius 3 is 2.60 bits per heavy atom. The van der Waals surface area contributed by atoms with E-state index in [1.54, 1.807) is 0 Å². The van der Waals surface area contributed by atoms with Crippen LogP contribution in [0.2, 0.25) is 0 Å². The molecule has 1 fully saturated rings. The highest BCUT2D eigenvalue weighted by Crippen LogP contribution is 2.48. The lowest BCUT2D eigenvalue weighted by atomic mass is 10.1. The molecular formula is C10H14N2O3. The molecule has 0 amide bonds. The van der Waals surface area contributed by atoms with Gasteiger partial charge in [0.2, 0.25) is 5.89 Å². The van der Waals surface area contributed by atoms with E-state index in [-0.39, 0.29) is 11.9 Å². The van der Waals surface area contributed by atoms with Crippen molar-refractivity contribution in [2.24, 2.45) is 0 Å². The summed E-state index contributed by atoms with van der Waals surface area (Å²) < 4.78 is 9.85. The molecule has 0 aromatic carbocycles. The molecule has 82 valence electrons. The predicted molar refractivity (Wildman–Crippen MR) is 51.3 cm³/mol. The van der Waals surface area contributed by atoms with Crippen LogP contribution in [0.4, 0.5) is 0 Å². The van der Waals surface area contributed by atoms with E-state index >= 15 is 0 Å². The zero-order valence-electron chi connectivity index (χ0n) is 9.11. The quantitative estimate of drug-likeness (QED) is 0.705. The van der Waals surface area contributed by atoms with Crippen molar-refractivity contribution in [3.05, 3.63) is 11.7 Å². The first-order valence-electron chi connectivity index (χ1n) is 5.02. The maximum atomic E-state index is 11.5. The van der Waals surface area contributed by atoms with Crippen LogP contribution in [0.3, 0.4) is 0 Å². The average Bonchev–Trinajstić information content (AvgIpc) is 2.87. The first-order valence-corrected chi connectivity index (χ1v) is 5.02. The second-order valence-corrected chi connectivity index (χ2v) is 4.19. The van der Waals surface area contributed by atoms with E-state index < -0.39 is 5.41 Å². The first-order chi connectivity index (χ1) is 7.10. The van der Waals surface area contributed by atoms with E-state index in [9.17, 15) is 4.79 Å². The molecule has 2 rings (SSSR count). The predicted octanol–water partition coefficient (Wildman–Crippen LogP) is 1.40. The highest BCUT2D eigenvalue weighted by atomic mass is 16.5. The van der Waals surface area contributed by atoms with Crippen molar-refractivity contribution in [3.8, 4) is 0 Å². The normalized spacial score (nSPS) is 17.9. The molecule has 1 aromatic heterocycles. The molecule has 1 aliphatic carbocycles. The second-order valence-electron chi connectivity index (χ2n) is 4.19. The van der Waals surface area contributed by atoms with Crippen molar-refractivity contribution in [2.75, 3.05) is 7.11 Å². The lowest BCUT2D eigenvalue weighted by Crippen LogP contribution is -2.22. The van der Waals surface area contributed by atoms with E-state index in [0.29, 0.717) is 11.7 Å². The molecule has 0 atom stereocenters. The number of methoxy groups -OCH3 is 1. The van der Waals surface area contributed by atoms with Crippen molar-refractivity contribution in [1.82, 2.24) is 10.1 Å². The van der Waals surface area contributed by atoms with Gasteiger partial charge in [0.05, 0.1) is 7.11 Å². The number of nitrogens with zero attached hydrogens (tertiary/aromatic N) is 2. The average molecular weight is 210 g/mol. The topological polar surface area (TPSA) is 65.2 Å². The molecule has 1 heterocycles. The Hall–Kier alpha value is -1.39. The molecule has 0 saturated heterocycles. The molecule has 5 nitrogen and oxygen atoms in total. The van der Waals surface area contributed by atoms with Gasteiger partial charge in [-0.05, 0) is 12.8 Å². The van der Waals surface area contributed by atoms with Crippen molar-refractivity contribution < 1.29 is 14.1 Å². The fourth-order valence-corrected chi connectivity index (χ4v) is 1.49. The monoisotopic (exact) mass is 210 g/mol. The summed E-state index contributed by atoms with van der Waals surface area (Å²) in [6, 6.07) is 0. The Balaban J connectivity index is 2.26. The molecule has 0 N–H and O–H groups in total. The third-order valence-electron chi connectivity index (χ3n) is 2.69. The standard InChI is InChI=1S/C10H14N2O3/c1-6(2)7-11-8(15-12-7)10(4-5-10)9(13)14-3/h6H,4-5H2,1-3H3. The summed E-state index contributed by atoms with van der Waals surface area (Å²) in [7, 11) is 1.38. The third-order valence-corrected chi connectivity index (χ3v) is 2.69. The number of ether oxygens (including phenoxy) is 1. The van der Waals surface area contributed by atoms with Gasteiger partial charge in [0, 0.05) is 5.92 Å². The van der Waals surface area contributed by atoms with Crippen LogP contribution < -0.4 is 0 Å². The third kappa shape index (κ3) is 1.52. The first kappa shape index (κ1) is 10.1. The van der Waals surface area contributed by atoms with Gasteiger partial charge in [0.25, 0.3) is 0 Å². The van der Waals surface area contributed by atoms with Gasteiger partial charge in [0.15, 0.2) is 5.82 Å². The van der Waals surface area contributed by atoms with Gasteiger partial charge in [-0.15, -0.1) is 0 Å². The van der Waals surface area contributed by atoms with Crippen molar-refractivity contribution in [3.63, 3.8) is 0 Å². The van der Waals surface area contributed by atoms with Crippen molar-refractivity contribution in [1.29, 1.82) is 0 Å². The summed E-state index contributed by atoms with van der Waals surface area (Å²) in [6.45, 7) is 3.96. The van der Waals surface area contributed by atoms with Gasteiger partial charge in [-0.2, -0.15) is 4.98 Å². The van der Waals surface area contributed by atoms with Crippen LogP contribution in [0.5, 0.6) is 0 Å². The minimum atomic E-state index is -0.644. The molecule has 0 bridgehead atoms. The van der Waals surface area contributed by atoms with E-state index in [0.717, 1.165) is 12.8 Å². The summed E-state index contributed by atoms with van der Waals surface area (Å²) in [6.07, 6.45) is 1.47. The number of esters is 1. The lowest BCUT2D eigenvalue weighted by Gasteiger charge is -2.05. The molecule has 1 aliphatic rings. The molecule has 5 heteroatoms. The fourth-order valence-electron chi connectivity index (χ4n) is 1.49. The maximum absolute atomic E-state index is 11.5. The summed E-state index contributed by atoms with van der Waals surface area (Å²) in [5.74, 6) is 0.968. The largest absolute Gasteiger partial charge is 0.468 e. The van der Waals surface area contributed by atoms with Gasteiger partial charge in [0.1, 0.15) is 5.41 Å². The minimum Gasteiger partial charge on any atom is -0.468 e. The lowest BCUT2D eigenvalue weighted by molar-refractivity contribution is -0.144. The summed E-state index contributed by atoms with van der Waals surface area (Å²) in [5, 5.41) is 3.84. The van der Waals surface area contributed by atoms with Gasteiger partial charge in [-0.1, -0.05) is 19.0 Å². The zero-order valence-corrected chi connectivity index (χ0v) is 9.11. The molecule has 0 radical (unpaired) electrons. The molecule has 0 unspecified atom stereocenters. The van der Waals surface area contributed by atoms with Crippen molar-refractivity contribution in [2.45, 2.75) is 38.0 Å². The van der Waals surface area contributed by atoms with E-state index in [2.05, 4.69) is 10.1 Å². The summed E-state index contributed by atoms with van der Waals surface area (Å²) >= 11 is 0. The van der Waals surface area contributed by atoms with Gasteiger partial charge >= 0.3 is 5.97 Å².